The number of nitrogens with zero attached hydrogens (tertiary/aromatic N) is 2. The van der Waals surface area contributed by atoms with Crippen molar-refractivity contribution in [3.63, 3.8) is 0 Å². The lowest BCUT2D eigenvalue weighted by Gasteiger charge is -2.05. The standard InChI is InChI=1S/C10H13N3O/c14-7-5-11-8-9-2-1-3-10-12-4-6-13(9)10/h1-4,6,11,14H,5,7-8H2. The summed E-state index contributed by atoms with van der Waals surface area (Å²) in [5.41, 5.74) is 2.10. The quantitative estimate of drug-likeness (QED) is 0.688. The van der Waals surface area contributed by atoms with Crippen LogP contribution in [-0.2, 0) is 6.54 Å². The molecule has 0 unspecified atom stereocenters. The Bertz CT molecular complexity index is 410. The van der Waals surface area contributed by atoms with E-state index in [1.165, 1.54) is 0 Å². The van der Waals surface area contributed by atoms with E-state index in [2.05, 4.69) is 10.3 Å². The first-order valence-electron chi connectivity index (χ1n) is 4.64. The molecule has 0 amide bonds. The third-order valence-corrected chi connectivity index (χ3v) is 2.11. The molecule has 2 aromatic heterocycles. The van der Waals surface area contributed by atoms with Crippen LogP contribution in [0.5, 0.6) is 0 Å². The Morgan fingerprint density at radius 2 is 2.36 bits per heavy atom. The number of pyridine rings is 1. The number of hydrogen-bond donors (Lipinski definition) is 2. The largest absolute Gasteiger partial charge is 0.395 e. The molecule has 0 bridgehead atoms. The maximum Gasteiger partial charge on any atom is 0.136 e. The normalized spacial score (nSPS) is 10.9. The van der Waals surface area contributed by atoms with E-state index in [4.69, 9.17) is 5.11 Å². The molecule has 2 N–H and O–H groups in total. The first-order chi connectivity index (χ1) is 6.92. The summed E-state index contributed by atoms with van der Waals surface area (Å²) < 4.78 is 2.03. The van der Waals surface area contributed by atoms with Crippen LogP contribution in [0.2, 0.25) is 0 Å². The molecule has 0 saturated carbocycles. The summed E-state index contributed by atoms with van der Waals surface area (Å²) in [6.45, 7) is 1.53. The Hall–Kier alpha value is -1.39. The van der Waals surface area contributed by atoms with Crippen LogP contribution >= 0.6 is 0 Å². The summed E-state index contributed by atoms with van der Waals surface area (Å²) in [4.78, 5) is 4.19. The van der Waals surface area contributed by atoms with Crippen molar-refractivity contribution < 1.29 is 5.11 Å². The van der Waals surface area contributed by atoms with Crippen molar-refractivity contribution in [2.24, 2.45) is 0 Å². The smallest absolute Gasteiger partial charge is 0.136 e. The van der Waals surface area contributed by atoms with Gasteiger partial charge in [-0.15, -0.1) is 0 Å². The van der Waals surface area contributed by atoms with E-state index < -0.39 is 0 Å². The molecule has 0 aliphatic heterocycles. The predicted molar refractivity (Wildman–Crippen MR) is 54.0 cm³/mol. The Kier molecular flexibility index (Phi) is 2.76. The molecule has 0 atom stereocenters. The van der Waals surface area contributed by atoms with E-state index in [0.717, 1.165) is 17.9 Å². The molecule has 0 aromatic carbocycles. The zero-order chi connectivity index (χ0) is 9.80. The van der Waals surface area contributed by atoms with E-state index in [1.54, 1.807) is 6.20 Å². The molecule has 4 heteroatoms. The van der Waals surface area contributed by atoms with E-state index in [9.17, 15) is 0 Å². The monoisotopic (exact) mass is 191 g/mol. The molecule has 0 fully saturated rings. The zero-order valence-corrected chi connectivity index (χ0v) is 7.85. The van der Waals surface area contributed by atoms with Crippen molar-refractivity contribution in [1.82, 2.24) is 14.7 Å². The number of imidazole rings is 1. The van der Waals surface area contributed by atoms with Gasteiger partial charge in [0.1, 0.15) is 5.65 Å². The number of aromatic nitrogens is 2. The van der Waals surface area contributed by atoms with E-state index in [-0.39, 0.29) is 6.61 Å². The Balaban J connectivity index is 2.19. The van der Waals surface area contributed by atoms with Gasteiger partial charge in [-0.2, -0.15) is 0 Å². The second-order valence-corrected chi connectivity index (χ2v) is 3.07. The second-order valence-electron chi connectivity index (χ2n) is 3.07. The second kappa shape index (κ2) is 4.21. The summed E-state index contributed by atoms with van der Waals surface area (Å²) >= 11 is 0. The van der Waals surface area contributed by atoms with Crippen LogP contribution in [0.1, 0.15) is 5.69 Å². The molecular formula is C10H13N3O. The molecule has 2 aromatic rings. The summed E-state index contributed by atoms with van der Waals surface area (Å²) in [7, 11) is 0. The van der Waals surface area contributed by atoms with Crippen molar-refractivity contribution in [3.8, 4) is 0 Å². The molecule has 0 saturated heterocycles. The van der Waals surface area contributed by atoms with Crippen LogP contribution in [0.3, 0.4) is 0 Å². The van der Waals surface area contributed by atoms with Gasteiger partial charge in [0.25, 0.3) is 0 Å². The third kappa shape index (κ3) is 1.76. The van der Waals surface area contributed by atoms with Gasteiger partial charge in [-0.05, 0) is 12.1 Å². The number of hydrogen-bond acceptors (Lipinski definition) is 3. The van der Waals surface area contributed by atoms with E-state index in [1.807, 2.05) is 28.8 Å². The lowest BCUT2D eigenvalue weighted by Crippen LogP contribution is -2.18. The number of aliphatic hydroxyl groups excluding tert-OH is 1. The summed E-state index contributed by atoms with van der Waals surface area (Å²) in [5.74, 6) is 0. The summed E-state index contributed by atoms with van der Waals surface area (Å²) in [6.07, 6.45) is 3.72. The Morgan fingerprint density at radius 1 is 1.43 bits per heavy atom. The van der Waals surface area contributed by atoms with Gasteiger partial charge >= 0.3 is 0 Å². The average Bonchev–Trinajstić information content (AvgIpc) is 2.67. The fourth-order valence-electron chi connectivity index (χ4n) is 1.45. The van der Waals surface area contributed by atoms with Crippen LogP contribution in [-0.4, -0.2) is 27.6 Å². The maximum atomic E-state index is 8.64. The van der Waals surface area contributed by atoms with Crippen molar-refractivity contribution in [2.45, 2.75) is 6.54 Å². The minimum Gasteiger partial charge on any atom is -0.395 e. The molecule has 74 valence electrons. The van der Waals surface area contributed by atoms with Crippen LogP contribution < -0.4 is 5.32 Å². The highest BCUT2D eigenvalue weighted by Crippen LogP contribution is 2.04. The average molecular weight is 191 g/mol. The molecule has 4 nitrogen and oxygen atoms in total. The fourth-order valence-corrected chi connectivity index (χ4v) is 1.45. The molecule has 0 spiro atoms. The lowest BCUT2D eigenvalue weighted by molar-refractivity contribution is 0.291. The predicted octanol–water partition coefficient (Wildman–Crippen LogP) is 0.416. The topological polar surface area (TPSA) is 49.6 Å². The minimum absolute atomic E-state index is 0.167. The lowest BCUT2D eigenvalue weighted by atomic mass is 10.3. The van der Waals surface area contributed by atoms with Gasteiger partial charge in [-0.3, -0.25) is 0 Å². The molecule has 0 aliphatic rings. The molecular weight excluding hydrogens is 178 g/mol. The van der Waals surface area contributed by atoms with Gasteiger partial charge in [-0.25, -0.2) is 4.98 Å². The molecule has 0 aliphatic carbocycles. The number of fused-ring (bicyclic) bond motifs is 1. The van der Waals surface area contributed by atoms with Crippen molar-refractivity contribution in [1.29, 1.82) is 0 Å². The fraction of sp³-hybridized carbons (Fsp3) is 0.300. The van der Waals surface area contributed by atoms with Gasteiger partial charge < -0.3 is 14.8 Å². The van der Waals surface area contributed by atoms with E-state index in [0.29, 0.717) is 6.54 Å². The number of nitrogens with one attached hydrogen (secondary N) is 1. The maximum absolute atomic E-state index is 8.64. The van der Waals surface area contributed by atoms with Crippen LogP contribution in [0.4, 0.5) is 0 Å². The van der Waals surface area contributed by atoms with Gasteiger partial charge in [0.2, 0.25) is 0 Å². The Labute approximate surface area is 82.2 Å². The first-order valence-corrected chi connectivity index (χ1v) is 4.64. The van der Waals surface area contributed by atoms with Crippen molar-refractivity contribution >= 4 is 5.65 Å². The zero-order valence-electron chi connectivity index (χ0n) is 7.85. The summed E-state index contributed by atoms with van der Waals surface area (Å²) in [5, 5.41) is 11.8. The molecule has 14 heavy (non-hydrogen) atoms. The number of rotatable bonds is 4. The third-order valence-electron chi connectivity index (χ3n) is 2.11. The van der Waals surface area contributed by atoms with Crippen LogP contribution in [0.25, 0.3) is 5.65 Å². The SMILES string of the molecule is OCCNCc1cccc2nccn12. The highest BCUT2D eigenvalue weighted by atomic mass is 16.3. The van der Waals surface area contributed by atoms with Gasteiger partial charge in [0.15, 0.2) is 0 Å². The van der Waals surface area contributed by atoms with Crippen LogP contribution in [0, 0.1) is 0 Å². The highest BCUT2D eigenvalue weighted by Gasteiger charge is 1.98. The molecule has 0 radical (unpaired) electrons. The Morgan fingerprint density at radius 3 is 3.21 bits per heavy atom. The van der Waals surface area contributed by atoms with Gasteiger partial charge in [0.05, 0.1) is 6.61 Å². The van der Waals surface area contributed by atoms with Gasteiger partial charge in [-0.1, -0.05) is 6.07 Å². The number of aliphatic hydroxyl groups is 1. The van der Waals surface area contributed by atoms with Crippen LogP contribution in [0.15, 0.2) is 30.6 Å². The summed E-state index contributed by atoms with van der Waals surface area (Å²) in [6, 6.07) is 5.99. The van der Waals surface area contributed by atoms with E-state index >= 15 is 0 Å². The molecule has 2 rings (SSSR count). The first kappa shape index (κ1) is 9.18. The minimum atomic E-state index is 0.167. The molecule has 2 heterocycles. The van der Waals surface area contributed by atoms with Gasteiger partial charge in [0, 0.05) is 31.2 Å². The highest BCUT2D eigenvalue weighted by molar-refractivity contribution is 5.39. The van der Waals surface area contributed by atoms with Crippen molar-refractivity contribution in [3.05, 3.63) is 36.3 Å². The van der Waals surface area contributed by atoms with Crippen molar-refractivity contribution in [2.75, 3.05) is 13.2 Å².